The van der Waals surface area contributed by atoms with Crippen LogP contribution in [0.25, 0.3) is 17.0 Å². The number of nitrogens with zero attached hydrogens (tertiary/aromatic N) is 4. The lowest BCUT2D eigenvalue weighted by Gasteiger charge is -1.97. The van der Waals surface area contributed by atoms with Crippen LogP contribution in [0, 0.1) is 0 Å². The van der Waals surface area contributed by atoms with Crippen LogP contribution in [0.2, 0.25) is 0 Å². The summed E-state index contributed by atoms with van der Waals surface area (Å²) in [4.78, 5) is 7.52. The third-order valence-electron chi connectivity index (χ3n) is 2.56. The quantitative estimate of drug-likeness (QED) is 0.682. The summed E-state index contributed by atoms with van der Waals surface area (Å²) >= 11 is 5.67. The summed E-state index contributed by atoms with van der Waals surface area (Å²) in [5, 5.41) is 3.32. The Labute approximate surface area is 115 Å². The zero-order chi connectivity index (χ0) is 14.3. The maximum atomic E-state index is 12.4. The molecule has 0 atom stereocenters. The van der Waals surface area contributed by atoms with Crippen molar-refractivity contribution in [3.8, 4) is 11.4 Å². The summed E-state index contributed by atoms with van der Waals surface area (Å²) in [6.45, 7) is 0. The van der Waals surface area contributed by atoms with Crippen LogP contribution < -0.4 is 0 Å². The minimum atomic E-state index is -4.66. The molecule has 104 valence electrons. The fraction of sp³-hybridized carbons (Fsp3) is 0.182. The van der Waals surface area contributed by atoms with Crippen molar-refractivity contribution in [3.63, 3.8) is 0 Å². The molecule has 20 heavy (non-hydrogen) atoms. The van der Waals surface area contributed by atoms with Crippen LogP contribution in [-0.2, 0) is 12.1 Å². The van der Waals surface area contributed by atoms with E-state index in [1.807, 2.05) is 0 Å². The third kappa shape index (κ3) is 2.22. The van der Waals surface area contributed by atoms with E-state index in [-0.39, 0.29) is 11.7 Å². The molecule has 0 saturated heterocycles. The van der Waals surface area contributed by atoms with E-state index in [9.17, 15) is 13.2 Å². The van der Waals surface area contributed by atoms with Crippen LogP contribution in [0.15, 0.2) is 29.0 Å². The molecule has 0 saturated carbocycles. The summed E-state index contributed by atoms with van der Waals surface area (Å²) in [5.41, 5.74) is 1.67. The van der Waals surface area contributed by atoms with Crippen molar-refractivity contribution in [2.75, 3.05) is 0 Å². The van der Waals surface area contributed by atoms with E-state index in [0.717, 1.165) is 0 Å². The molecule has 0 aliphatic carbocycles. The van der Waals surface area contributed by atoms with Crippen molar-refractivity contribution >= 4 is 17.2 Å². The molecule has 0 aliphatic heterocycles. The summed E-state index contributed by atoms with van der Waals surface area (Å²) < 4.78 is 43.0. The van der Waals surface area contributed by atoms with Gasteiger partial charge in [0.25, 0.3) is 0 Å². The van der Waals surface area contributed by atoms with E-state index >= 15 is 0 Å². The van der Waals surface area contributed by atoms with Gasteiger partial charge >= 0.3 is 12.1 Å². The van der Waals surface area contributed by atoms with Gasteiger partial charge < -0.3 is 8.92 Å². The minimum absolute atomic E-state index is 0.139. The van der Waals surface area contributed by atoms with Crippen LogP contribution in [0.3, 0.4) is 0 Å². The smallest absolute Gasteiger partial charge is 0.329 e. The molecule has 0 amide bonds. The molecular formula is C11H6ClF3N4O. The average Bonchev–Trinajstić information content (AvgIpc) is 3.03. The van der Waals surface area contributed by atoms with Crippen molar-refractivity contribution < 1.29 is 17.7 Å². The molecule has 0 unspecified atom stereocenters. The molecule has 3 aromatic heterocycles. The number of pyridine rings is 1. The molecule has 3 rings (SSSR count). The van der Waals surface area contributed by atoms with E-state index in [0.29, 0.717) is 16.9 Å². The minimum Gasteiger partial charge on any atom is -0.329 e. The van der Waals surface area contributed by atoms with Crippen molar-refractivity contribution in [3.05, 3.63) is 36.1 Å². The van der Waals surface area contributed by atoms with Gasteiger partial charge in [-0.15, -0.1) is 11.6 Å². The molecule has 5 nitrogen and oxygen atoms in total. The SMILES string of the molecule is FC(F)(F)c1nc(-c2ccc3nc(CCl)cn3c2)no1. The first-order chi connectivity index (χ1) is 9.47. The largest absolute Gasteiger partial charge is 0.471 e. The van der Waals surface area contributed by atoms with E-state index in [2.05, 4.69) is 19.6 Å². The van der Waals surface area contributed by atoms with Gasteiger partial charge in [-0.05, 0) is 12.1 Å². The van der Waals surface area contributed by atoms with E-state index < -0.39 is 12.1 Å². The zero-order valence-electron chi connectivity index (χ0n) is 9.73. The number of hydrogen-bond acceptors (Lipinski definition) is 4. The molecule has 0 aromatic carbocycles. The van der Waals surface area contributed by atoms with Crippen LogP contribution in [0.5, 0.6) is 0 Å². The molecule has 0 bridgehead atoms. The first kappa shape index (κ1) is 12.9. The van der Waals surface area contributed by atoms with Gasteiger partial charge in [-0.1, -0.05) is 5.16 Å². The van der Waals surface area contributed by atoms with Crippen LogP contribution >= 0.6 is 11.6 Å². The normalized spacial score (nSPS) is 12.2. The van der Waals surface area contributed by atoms with Gasteiger partial charge in [0, 0.05) is 18.0 Å². The monoisotopic (exact) mass is 302 g/mol. The molecule has 0 spiro atoms. The Morgan fingerprint density at radius 3 is 2.65 bits per heavy atom. The number of aromatic nitrogens is 4. The third-order valence-corrected chi connectivity index (χ3v) is 2.84. The molecule has 3 heterocycles. The Hall–Kier alpha value is -2.09. The lowest BCUT2D eigenvalue weighted by Crippen LogP contribution is -2.04. The highest BCUT2D eigenvalue weighted by Crippen LogP contribution is 2.29. The lowest BCUT2D eigenvalue weighted by molar-refractivity contribution is -0.159. The zero-order valence-corrected chi connectivity index (χ0v) is 10.5. The highest BCUT2D eigenvalue weighted by atomic mass is 35.5. The van der Waals surface area contributed by atoms with Gasteiger partial charge in [0.2, 0.25) is 5.82 Å². The Balaban J connectivity index is 2.03. The number of rotatable bonds is 2. The van der Waals surface area contributed by atoms with E-state index in [1.54, 1.807) is 28.9 Å². The van der Waals surface area contributed by atoms with Crippen molar-refractivity contribution in [1.29, 1.82) is 0 Å². The van der Waals surface area contributed by atoms with Crippen LogP contribution in [0.1, 0.15) is 11.6 Å². The summed E-state index contributed by atoms with van der Waals surface area (Å²) in [6, 6.07) is 3.19. The van der Waals surface area contributed by atoms with Crippen molar-refractivity contribution in [1.82, 2.24) is 19.5 Å². The first-order valence-electron chi connectivity index (χ1n) is 5.42. The Morgan fingerprint density at radius 1 is 1.20 bits per heavy atom. The second kappa shape index (κ2) is 4.48. The van der Waals surface area contributed by atoms with Gasteiger partial charge in [-0.25, -0.2) is 4.98 Å². The van der Waals surface area contributed by atoms with Gasteiger partial charge in [-0.3, -0.25) is 0 Å². The molecule has 0 aliphatic rings. The van der Waals surface area contributed by atoms with Gasteiger partial charge in [0.05, 0.1) is 11.6 Å². The number of fused-ring (bicyclic) bond motifs is 1. The van der Waals surface area contributed by atoms with Crippen molar-refractivity contribution in [2.45, 2.75) is 12.1 Å². The maximum Gasteiger partial charge on any atom is 0.471 e. The Morgan fingerprint density at radius 2 is 2.00 bits per heavy atom. The summed E-state index contributed by atoms with van der Waals surface area (Å²) in [6.07, 6.45) is -1.42. The topological polar surface area (TPSA) is 56.2 Å². The molecule has 9 heteroatoms. The van der Waals surface area contributed by atoms with Gasteiger partial charge in [-0.2, -0.15) is 18.2 Å². The average molecular weight is 303 g/mol. The number of hydrogen-bond donors (Lipinski definition) is 0. The highest BCUT2D eigenvalue weighted by Gasteiger charge is 2.38. The highest BCUT2D eigenvalue weighted by molar-refractivity contribution is 6.16. The molecule has 3 aromatic rings. The summed E-state index contributed by atoms with van der Waals surface area (Å²) in [7, 11) is 0. The van der Waals surface area contributed by atoms with Gasteiger partial charge in [0.15, 0.2) is 0 Å². The molecule has 0 N–H and O–H groups in total. The van der Waals surface area contributed by atoms with Crippen molar-refractivity contribution in [2.24, 2.45) is 0 Å². The number of imidazole rings is 1. The molecule has 0 radical (unpaired) electrons. The molecule has 0 fully saturated rings. The predicted molar refractivity (Wildman–Crippen MR) is 63.0 cm³/mol. The van der Waals surface area contributed by atoms with E-state index in [1.165, 1.54) is 0 Å². The van der Waals surface area contributed by atoms with Crippen LogP contribution in [-0.4, -0.2) is 19.5 Å². The van der Waals surface area contributed by atoms with E-state index in [4.69, 9.17) is 11.6 Å². The fourth-order valence-electron chi connectivity index (χ4n) is 1.70. The molecular weight excluding hydrogens is 297 g/mol. The van der Waals surface area contributed by atoms with Crippen LogP contribution in [0.4, 0.5) is 13.2 Å². The Kier molecular flexibility index (Phi) is 2.89. The summed E-state index contributed by atoms with van der Waals surface area (Å²) in [5.74, 6) is -1.27. The lowest BCUT2D eigenvalue weighted by atomic mass is 10.3. The first-order valence-corrected chi connectivity index (χ1v) is 5.96. The second-order valence-electron chi connectivity index (χ2n) is 3.97. The van der Waals surface area contributed by atoms with Gasteiger partial charge in [0.1, 0.15) is 5.65 Å². The predicted octanol–water partition coefficient (Wildman–Crippen LogP) is 3.14. The second-order valence-corrected chi connectivity index (χ2v) is 4.24. The number of alkyl halides is 4. The maximum absolute atomic E-state index is 12.4. The standard InChI is InChI=1S/C11H6ClF3N4O/c12-3-7-5-19-4-6(1-2-8(19)16-7)9-17-10(20-18-9)11(13,14)15/h1-2,4-5H,3H2. The number of halogens is 4. The fourth-order valence-corrected chi connectivity index (χ4v) is 1.83. The Bertz CT molecular complexity index is 764.